The number of rotatable bonds is 7. The molecule has 0 N–H and O–H groups in total. The lowest BCUT2D eigenvalue weighted by Crippen LogP contribution is -2.38. The molecule has 0 unspecified atom stereocenters. The number of nitrogens with zero attached hydrogens (tertiary/aromatic N) is 3. The van der Waals surface area contributed by atoms with Gasteiger partial charge in [0.2, 0.25) is 0 Å². The highest BCUT2D eigenvalue weighted by Crippen LogP contribution is 2.28. The van der Waals surface area contributed by atoms with Crippen LogP contribution in [0.1, 0.15) is 35.2 Å². The largest absolute Gasteiger partial charge is 0.491 e. The SMILES string of the molecule is O=C(c1ccccc1OCCN1CCOCC1)N1CCC[C@H](Cc2cccc3ccncc23)CC1. The Morgan fingerprint density at radius 2 is 1.89 bits per heavy atom. The molecule has 2 aliphatic heterocycles. The summed E-state index contributed by atoms with van der Waals surface area (Å²) in [6.07, 6.45) is 8.05. The van der Waals surface area contributed by atoms with Gasteiger partial charge in [-0.1, -0.05) is 30.3 Å². The summed E-state index contributed by atoms with van der Waals surface area (Å²) in [5.41, 5.74) is 2.03. The fourth-order valence-corrected chi connectivity index (χ4v) is 5.29. The maximum absolute atomic E-state index is 13.5. The van der Waals surface area contributed by atoms with Gasteiger partial charge in [-0.2, -0.15) is 0 Å². The van der Waals surface area contributed by atoms with Crippen LogP contribution in [-0.2, 0) is 11.2 Å². The zero-order valence-electron chi connectivity index (χ0n) is 20.4. The van der Waals surface area contributed by atoms with Gasteiger partial charge >= 0.3 is 0 Å². The first kappa shape index (κ1) is 23.8. The number of carbonyl (C=O) groups is 1. The molecule has 2 aromatic carbocycles. The third kappa shape index (κ3) is 6.00. The molecule has 2 saturated heterocycles. The van der Waals surface area contributed by atoms with Crippen molar-refractivity contribution < 1.29 is 14.3 Å². The second-order valence-electron chi connectivity index (χ2n) is 9.61. The van der Waals surface area contributed by atoms with Crippen LogP contribution in [0.5, 0.6) is 5.75 Å². The summed E-state index contributed by atoms with van der Waals surface area (Å²) in [4.78, 5) is 22.2. The second-order valence-corrected chi connectivity index (χ2v) is 9.61. The predicted molar refractivity (Wildman–Crippen MR) is 138 cm³/mol. The van der Waals surface area contributed by atoms with Gasteiger partial charge in [0.05, 0.1) is 18.8 Å². The van der Waals surface area contributed by atoms with E-state index in [9.17, 15) is 4.79 Å². The Morgan fingerprint density at radius 3 is 2.80 bits per heavy atom. The Hall–Kier alpha value is -2.96. The van der Waals surface area contributed by atoms with Crippen LogP contribution in [0, 0.1) is 5.92 Å². The third-order valence-electron chi connectivity index (χ3n) is 7.30. The van der Waals surface area contributed by atoms with Crippen LogP contribution >= 0.6 is 0 Å². The first-order valence-corrected chi connectivity index (χ1v) is 12.9. The number of hydrogen-bond acceptors (Lipinski definition) is 5. The first-order valence-electron chi connectivity index (χ1n) is 12.9. The molecular formula is C29H35N3O3. The Labute approximate surface area is 207 Å². The minimum atomic E-state index is 0.0852. The Kier molecular flexibility index (Phi) is 7.91. The number of para-hydroxylation sites is 1. The van der Waals surface area contributed by atoms with Crippen molar-refractivity contribution in [3.8, 4) is 5.75 Å². The van der Waals surface area contributed by atoms with E-state index in [-0.39, 0.29) is 5.91 Å². The van der Waals surface area contributed by atoms with E-state index in [0.29, 0.717) is 23.8 Å². The van der Waals surface area contributed by atoms with Crippen LogP contribution in [0.4, 0.5) is 0 Å². The van der Waals surface area contributed by atoms with Gasteiger partial charge in [0, 0.05) is 50.5 Å². The summed E-state index contributed by atoms with van der Waals surface area (Å²) < 4.78 is 11.5. The molecule has 1 aromatic heterocycles. The molecule has 0 spiro atoms. The molecule has 0 bridgehead atoms. The van der Waals surface area contributed by atoms with Gasteiger partial charge < -0.3 is 14.4 Å². The van der Waals surface area contributed by atoms with Crippen LogP contribution in [0.3, 0.4) is 0 Å². The van der Waals surface area contributed by atoms with Crippen LogP contribution in [0.15, 0.2) is 60.9 Å². The first-order chi connectivity index (χ1) is 17.3. The van der Waals surface area contributed by atoms with Crippen LogP contribution in [0.2, 0.25) is 0 Å². The van der Waals surface area contributed by atoms with Crippen molar-refractivity contribution in [1.82, 2.24) is 14.8 Å². The number of carbonyl (C=O) groups excluding carboxylic acids is 1. The molecule has 1 atom stereocenters. The molecule has 5 rings (SSSR count). The number of aromatic nitrogens is 1. The highest BCUT2D eigenvalue weighted by Gasteiger charge is 2.24. The van der Waals surface area contributed by atoms with Crippen molar-refractivity contribution >= 4 is 16.7 Å². The fourth-order valence-electron chi connectivity index (χ4n) is 5.29. The molecule has 35 heavy (non-hydrogen) atoms. The lowest BCUT2D eigenvalue weighted by Gasteiger charge is -2.26. The van der Waals surface area contributed by atoms with Gasteiger partial charge in [-0.25, -0.2) is 0 Å². The maximum atomic E-state index is 13.5. The van der Waals surface area contributed by atoms with E-state index < -0.39 is 0 Å². The van der Waals surface area contributed by atoms with Gasteiger partial charge in [0.25, 0.3) is 5.91 Å². The van der Waals surface area contributed by atoms with Crippen LogP contribution in [0.25, 0.3) is 10.8 Å². The molecule has 184 valence electrons. The van der Waals surface area contributed by atoms with Crippen molar-refractivity contribution in [1.29, 1.82) is 0 Å². The van der Waals surface area contributed by atoms with E-state index in [1.807, 2.05) is 41.6 Å². The van der Waals surface area contributed by atoms with Gasteiger partial charge in [-0.05, 0) is 60.7 Å². The minimum absolute atomic E-state index is 0.0852. The van der Waals surface area contributed by atoms with Gasteiger partial charge in [0.1, 0.15) is 12.4 Å². The number of likely N-dealkylation sites (tertiary alicyclic amines) is 1. The summed E-state index contributed by atoms with van der Waals surface area (Å²) >= 11 is 0. The highest BCUT2D eigenvalue weighted by atomic mass is 16.5. The number of morpholine rings is 1. The predicted octanol–water partition coefficient (Wildman–Crippen LogP) is 4.43. The number of benzene rings is 2. The lowest BCUT2D eigenvalue weighted by molar-refractivity contribution is 0.0321. The molecule has 0 radical (unpaired) electrons. The van der Waals surface area contributed by atoms with Gasteiger partial charge in [0.15, 0.2) is 0 Å². The van der Waals surface area contributed by atoms with Crippen molar-refractivity contribution in [3.63, 3.8) is 0 Å². The van der Waals surface area contributed by atoms with Gasteiger partial charge in [-0.3, -0.25) is 14.7 Å². The standard InChI is InChI=1S/C29H35N3O3/c33-29(26-8-1-2-9-28(26)35-20-17-31-15-18-34-19-16-31)32-13-4-5-23(11-14-32)21-25-7-3-6-24-10-12-30-22-27(24)25/h1-3,6-10,12,22-23H,4-5,11,13-21H2/t23-/m0/s1. The molecule has 3 aromatic rings. The average molecular weight is 474 g/mol. The Balaban J connectivity index is 1.19. The second kappa shape index (κ2) is 11.6. The highest BCUT2D eigenvalue weighted by molar-refractivity contribution is 5.97. The molecule has 1 amide bonds. The molecule has 0 saturated carbocycles. The zero-order chi connectivity index (χ0) is 23.9. The Morgan fingerprint density at radius 1 is 1.00 bits per heavy atom. The summed E-state index contributed by atoms with van der Waals surface area (Å²) in [6.45, 7) is 6.45. The summed E-state index contributed by atoms with van der Waals surface area (Å²) in [5, 5.41) is 2.49. The van der Waals surface area contributed by atoms with Crippen LogP contribution < -0.4 is 4.74 Å². The van der Waals surface area contributed by atoms with E-state index in [0.717, 1.165) is 71.6 Å². The summed E-state index contributed by atoms with van der Waals surface area (Å²) in [6, 6.07) is 16.3. The van der Waals surface area contributed by atoms with Crippen LogP contribution in [-0.4, -0.2) is 73.2 Å². The lowest BCUT2D eigenvalue weighted by atomic mass is 9.91. The van der Waals surface area contributed by atoms with Crippen molar-refractivity contribution in [3.05, 3.63) is 72.1 Å². The number of hydrogen-bond donors (Lipinski definition) is 0. The fraction of sp³-hybridized carbons (Fsp3) is 0.448. The summed E-state index contributed by atoms with van der Waals surface area (Å²) in [5.74, 6) is 1.34. The molecule has 6 heteroatoms. The number of fused-ring (bicyclic) bond motifs is 1. The zero-order valence-corrected chi connectivity index (χ0v) is 20.4. The van der Waals surface area contributed by atoms with Crippen molar-refractivity contribution in [2.24, 2.45) is 5.92 Å². The molecule has 6 nitrogen and oxygen atoms in total. The van der Waals surface area contributed by atoms with E-state index in [1.54, 1.807) is 0 Å². The van der Waals surface area contributed by atoms with E-state index in [1.165, 1.54) is 16.3 Å². The van der Waals surface area contributed by atoms with E-state index >= 15 is 0 Å². The Bertz CT molecular complexity index is 1120. The molecular weight excluding hydrogens is 438 g/mol. The minimum Gasteiger partial charge on any atom is -0.491 e. The molecule has 2 fully saturated rings. The average Bonchev–Trinajstić information content (AvgIpc) is 3.15. The smallest absolute Gasteiger partial charge is 0.257 e. The maximum Gasteiger partial charge on any atom is 0.257 e. The summed E-state index contributed by atoms with van der Waals surface area (Å²) in [7, 11) is 0. The van der Waals surface area contributed by atoms with Crippen molar-refractivity contribution in [2.75, 3.05) is 52.5 Å². The normalized spacial score (nSPS) is 19.4. The topological polar surface area (TPSA) is 54.9 Å². The monoisotopic (exact) mass is 473 g/mol. The number of ether oxygens (including phenoxy) is 2. The number of pyridine rings is 1. The van der Waals surface area contributed by atoms with Crippen molar-refractivity contribution in [2.45, 2.75) is 25.7 Å². The quantitative estimate of drug-likeness (QED) is 0.508. The van der Waals surface area contributed by atoms with Gasteiger partial charge in [-0.15, -0.1) is 0 Å². The number of amides is 1. The molecule has 3 heterocycles. The van der Waals surface area contributed by atoms with E-state index in [2.05, 4.69) is 34.1 Å². The molecule has 2 aliphatic rings. The van der Waals surface area contributed by atoms with E-state index in [4.69, 9.17) is 9.47 Å². The molecule has 0 aliphatic carbocycles. The third-order valence-corrected chi connectivity index (χ3v) is 7.30.